The van der Waals surface area contributed by atoms with Crippen LogP contribution < -0.4 is 21.7 Å². The molecule has 1 aromatic rings. The molecule has 0 aliphatic heterocycles. The van der Waals surface area contributed by atoms with Crippen LogP contribution in [0.25, 0.3) is 0 Å². The topological polar surface area (TPSA) is 96.2 Å². The van der Waals surface area contributed by atoms with Gasteiger partial charge in [0.15, 0.2) is 0 Å². The van der Waals surface area contributed by atoms with Crippen LogP contribution in [0, 0.1) is 5.92 Å². The summed E-state index contributed by atoms with van der Waals surface area (Å²) in [7, 11) is 0. The van der Waals surface area contributed by atoms with E-state index in [1.54, 1.807) is 0 Å². The van der Waals surface area contributed by atoms with E-state index in [-0.39, 0.29) is 60.7 Å². The molecule has 6 nitrogen and oxygen atoms in total. The van der Waals surface area contributed by atoms with E-state index in [9.17, 15) is 9.59 Å². The third kappa shape index (κ3) is 10.5. The summed E-state index contributed by atoms with van der Waals surface area (Å²) in [6, 6.07) is 9.70. The van der Waals surface area contributed by atoms with Gasteiger partial charge in [-0.3, -0.25) is 9.59 Å². The molecule has 1 unspecified atom stereocenters. The molecule has 0 aromatic heterocycles. The predicted octanol–water partition coefficient (Wildman–Crippen LogP) is 2.18. The molecule has 0 spiro atoms. The van der Waals surface area contributed by atoms with Crippen LogP contribution in [-0.4, -0.2) is 36.5 Å². The molecule has 27 heavy (non-hydrogen) atoms. The van der Waals surface area contributed by atoms with Crippen LogP contribution in [0.5, 0.6) is 0 Å². The quantitative estimate of drug-likeness (QED) is 0.492. The van der Waals surface area contributed by atoms with Gasteiger partial charge in [-0.2, -0.15) is 0 Å². The molecule has 8 heteroatoms. The van der Waals surface area contributed by atoms with Crippen LogP contribution in [-0.2, 0) is 9.59 Å². The Balaban J connectivity index is 0. The molecule has 1 aromatic carbocycles. The fourth-order valence-electron chi connectivity index (χ4n) is 2.43. The molecule has 156 valence electrons. The van der Waals surface area contributed by atoms with Gasteiger partial charge in [-0.25, -0.2) is 0 Å². The summed E-state index contributed by atoms with van der Waals surface area (Å²) in [5.74, 6) is -0.502. The normalized spacial score (nSPS) is 13.0. The number of benzene rings is 1. The van der Waals surface area contributed by atoms with Gasteiger partial charge in [0.2, 0.25) is 11.8 Å². The number of amides is 2. The van der Waals surface area contributed by atoms with Crippen LogP contribution in [0.3, 0.4) is 0 Å². The number of hydrogen-bond donors (Lipinski definition) is 4. The zero-order chi connectivity index (χ0) is 19.0. The third-order valence-corrected chi connectivity index (χ3v) is 4.08. The van der Waals surface area contributed by atoms with Gasteiger partial charge >= 0.3 is 0 Å². The van der Waals surface area contributed by atoms with Gasteiger partial charge in [-0.15, -0.1) is 24.8 Å². The Kier molecular flexibility index (Phi) is 13.4. The van der Waals surface area contributed by atoms with E-state index in [1.165, 1.54) is 5.56 Å². The number of carbonyl (C=O) groups excluding carboxylic acids is 2. The lowest BCUT2D eigenvalue weighted by molar-refractivity contribution is -0.127. The number of rotatable bonds is 9. The first-order chi connectivity index (χ1) is 11.6. The number of nitrogens with one attached hydrogen (secondary N) is 3. The van der Waals surface area contributed by atoms with E-state index in [0.717, 1.165) is 0 Å². The first-order valence-corrected chi connectivity index (χ1v) is 8.75. The van der Waals surface area contributed by atoms with Gasteiger partial charge in [-0.1, -0.05) is 44.2 Å². The molecule has 0 radical (unpaired) electrons. The van der Waals surface area contributed by atoms with Gasteiger partial charge in [0, 0.05) is 18.1 Å². The van der Waals surface area contributed by atoms with Crippen molar-refractivity contribution in [3.8, 4) is 0 Å². The smallest absolute Gasteiger partial charge is 0.239 e. The van der Waals surface area contributed by atoms with Crippen LogP contribution in [0.2, 0.25) is 0 Å². The molecule has 1 rings (SSSR count). The lowest BCUT2D eigenvalue weighted by Crippen LogP contribution is -2.52. The maximum absolute atomic E-state index is 11.9. The second-order valence-corrected chi connectivity index (χ2v) is 7.42. The minimum absolute atomic E-state index is 0. The monoisotopic (exact) mass is 420 g/mol. The number of carbonyl (C=O) groups is 2. The maximum atomic E-state index is 11.9. The van der Waals surface area contributed by atoms with Gasteiger partial charge in [0.05, 0.1) is 12.6 Å². The highest BCUT2D eigenvalue weighted by atomic mass is 35.5. The van der Waals surface area contributed by atoms with Gasteiger partial charge in [0.25, 0.3) is 0 Å². The van der Waals surface area contributed by atoms with Crippen molar-refractivity contribution in [1.82, 2.24) is 16.0 Å². The highest BCUT2D eigenvalue weighted by Gasteiger charge is 2.22. The first-order valence-electron chi connectivity index (χ1n) is 8.75. The van der Waals surface area contributed by atoms with E-state index in [1.807, 2.05) is 45.9 Å². The molecule has 0 heterocycles. The van der Waals surface area contributed by atoms with E-state index in [0.29, 0.717) is 6.54 Å². The standard InChI is InChI=1S/C19H32N4O2.2ClH/c1-13(2)17(20)18(25)21-11-16(24)22-12-19(4,5)23-14(3)15-9-7-6-8-10-15;;/h6-10,13-14,17,23H,11-12,20H2,1-5H3,(H,21,25)(H,22,24);2*1H/t14?,17-;;/m0../s1. The molecule has 0 aliphatic rings. The molecule has 0 bridgehead atoms. The highest BCUT2D eigenvalue weighted by molar-refractivity contribution is 5.87. The second-order valence-electron chi connectivity index (χ2n) is 7.42. The summed E-state index contributed by atoms with van der Waals surface area (Å²) in [4.78, 5) is 23.7. The Bertz CT molecular complexity index is 568. The number of nitrogens with two attached hydrogens (primary N) is 1. The Morgan fingerprint density at radius 1 is 1.04 bits per heavy atom. The SMILES string of the molecule is CC(NC(C)(C)CNC(=O)CNC(=O)[C@@H](N)C(C)C)c1ccccc1.Cl.Cl. The molecular formula is C19H34Cl2N4O2. The zero-order valence-electron chi connectivity index (χ0n) is 16.7. The molecule has 5 N–H and O–H groups in total. The van der Waals surface area contributed by atoms with Crippen molar-refractivity contribution >= 4 is 36.6 Å². The average Bonchev–Trinajstić information content (AvgIpc) is 2.57. The summed E-state index contributed by atoms with van der Waals surface area (Å²) in [6.07, 6.45) is 0. The highest BCUT2D eigenvalue weighted by Crippen LogP contribution is 2.15. The summed E-state index contributed by atoms with van der Waals surface area (Å²) in [5.41, 5.74) is 6.65. The van der Waals surface area contributed by atoms with Gasteiger partial charge in [0.1, 0.15) is 0 Å². The summed E-state index contributed by atoms with van der Waals surface area (Å²) < 4.78 is 0. The lowest BCUT2D eigenvalue weighted by atomic mass is 10.0. The van der Waals surface area contributed by atoms with E-state index in [2.05, 4.69) is 35.0 Å². The number of halogens is 2. The zero-order valence-corrected chi connectivity index (χ0v) is 18.4. The summed E-state index contributed by atoms with van der Waals surface area (Å²) in [6.45, 7) is 10.3. The Labute approximate surface area is 175 Å². The molecule has 0 saturated carbocycles. The van der Waals surface area contributed by atoms with Crippen molar-refractivity contribution in [3.63, 3.8) is 0 Å². The Morgan fingerprint density at radius 3 is 2.11 bits per heavy atom. The molecule has 2 amide bonds. The molecule has 0 saturated heterocycles. The summed E-state index contributed by atoms with van der Waals surface area (Å²) >= 11 is 0. The van der Waals surface area contributed by atoms with Crippen LogP contribution in [0.4, 0.5) is 0 Å². The van der Waals surface area contributed by atoms with E-state index < -0.39 is 6.04 Å². The van der Waals surface area contributed by atoms with Crippen molar-refractivity contribution in [2.75, 3.05) is 13.1 Å². The van der Waals surface area contributed by atoms with E-state index in [4.69, 9.17) is 5.73 Å². The van der Waals surface area contributed by atoms with Gasteiger partial charge in [-0.05, 0) is 32.3 Å². The average molecular weight is 421 g/mol. The lowest BCUT2D eigenvalue weighted by Gasteiger charge is -2.31. The minimum atomic E-state index is -0.599. The van der Waals surface area contributed by atoms with Crippen molar-refractivity contribution in [2.45, 2.75) is 52.2 Å². The minimum Gasteiger partial charge on any atom is -0.353 e. The Hall–Kier alpha value is -1.34. The van der Waals surface area contributed by atoms with Crippen LogP contribution >= 0.6 is 24.8 Å². The maximum Gasteiger partial charge on any atom is 0.239 e. The van der Waals surface area contributed by atoms with Crippen LogP contribution in [0.1, 0.15) is 46.2 Å². The molecular weight excluding hydrogens is 387 g/mol. The fraction of sp³-hybridized carbons (Fsp3) is 0.579. The van der Waals surface area contributed by atoms with Crippen molar-refractivity contribution in [1.29, 1.82) is 0 Å². The van der Waals surface area contributed by atoms with E-state index >= 15 is 0 Å². The predicted molar refractivity (Wildman–Crippen MR) is 115 cm³/mol. The largest absolute Gasteiger partial charge is 0.353 e. The van der Waals surface area contributed by atoms with Crippen molar-refractivity contribution in [2.24, 2.45) is 11.7 Å². The molecule has 2 atom stereocenters. The summed E-state index contributed by atoms with van der Waals surface area (Å²) in [5, 5.41) is 8.92. The molecule has 0 fully saturated rings. The third-order valence-electron chi connectivity index (χ3n) is 4.08. The second kappa shape index (κ2) is 12.9. The first kappa shape index (κ1) is 27.9. The molecule has 0 aliphatic carbocycles. The van der Waals surface area contributed by atoms with Crippen molar-refractivity contribution < 1.29 is 9.59 Å². The van der Waals surface area contributed by atoms with Crippen molar-refractivity contribution in [3.05, 3.63) is 35.9 Å². The Morgan fingerprint density at radius 2 is 1.59 bits per heavy atom. The fourth-order valence-corrected chi connectivity index (χ4v) is 2.43. The van der Waals surface area contributed by atoms with Crippen LogP contribution in [0.15, 0.2) is 30.3 Å². The number of hydrogen-bond acceptors (Lipinski definition) is 4. The van der Waals surface area contributed by atoms with Gasteiger partial charge < -0.3 is 21.7 Å².